The zero-order valence-electron chi connectivity index (χ0n) is 20.8. The minimum absolute atomic E-state index is 0.0655. The van der Waals surface area contributed by atoms with Gasteiger partial charge in [0.25, 0.3) is 15.7 Å². The van der Waals surface area contributed by atoms with Crippen LogP contribution in [0.2, 0.25) is 0 Å². The fraction of sp³-hybridized carbons (Fsp3) is 0.107. The van der Waals surface area contributed by atoms with Crippen LogP contribution in [0.1, 0.15) is 23.7 Å². The van der Waals surface area contributed by atoms with Gasteiger partial charge in [-0.3, -0.25) is 20.3 Å². The molecule has 0 radical (unpaired) electrons. The summed E-state index contributed by atoms with van der Waals surface area (Å²) in [5.41, 5.74) is 5.09. The third-order valence-corrected chi connectivity index (χ3v) is 7.55. The summed E-state index contributed by atoms with van der Waals surface area (Å²) < 4.78 is 40.8. The maximum Gasteiger partial charge on any atom is 0.270 e. The Morgan fingerprint density at radius 2 is 1.67 bits per heavy atom. The molecule has 4 aromatic rings. The zero-order chi connectivity index (χ0) is 27.4. The van der Waals surface area contributed by atoms with Crippen LogP contribution in [0.5, 0.6) is 11.5 Å². The lowest BCUT2D eigenvalue weighted by molar-refractivity contribution is -0.385. The number of nitrogens with one attached hydrogen (secondary N) is 2. The van der Waals surface area contributed by atoms with E-state index in [9.17, 15) is 18.5 Å². The number of hydrogen-bond donors (Lipinski definition) is 2. The van der Waals surface area contributed by atoms with Crippen molar-refractivity contribution in [2.24, 2.45) is 5.10 Å². The SMILES string of the molecule is COc1ccccc1NS(=O)(=O)c1cc([N+](=O)[O-])ccc1N/N=C1\C[C@H](c2ccccc2)Oc2ccccc21. The molecule has 0 unspecified atom stereocenters. The molecule has 0 aromatic heterocycles. The molecule has 0 fully saturated rings. The highest BCUT2D eigenvalue weighted by atomic mass is 32.2. The van der Waals surface area contributed by atoms with Gasteiger partial charge in [-0.25, -0.2) is 8.42 Å². The van der Waals surface area contributed by atoms with E-state index in [0.29, 0.717) is 23.6 Å². The molecule has 39 heavy (non-hydrogen) atoms. The largest absolute Gasteiger partial charge is 0.495 e. The molecule has 1 atom stereocenters. The van der Waals surface area contributed by atoms with Gasteiger partial charge in [-0.1, -0.05) is 54.6 Å². The van der Waals surface area contributed by atoms with E-state index in [1.54, 1.807) is 18.2 Å². The fourth-order valence-electron chi connectivity index (χ4n) is 4.24. The van der Waals surface area contributed by atoms with Gasteiger partial charge >= 0.3 is 0 Å². The zero-order valence-corrected chi connectivity index (χ0v) is 21.6. The number of ether oxygens (including phenoxy) is 2. The average molecular weight is 545 g/mol. The number of hydrazone groups is 1. The topological polar surface area (TPSA) is 132 Å². The van der Waals surface area contributed by atoms with Crippen molar-refractivity contribution in [3.63, 3.8) is 0 Å². The van der Waals surface area contributed by atoms with Crippen molar-refractivity contribution < 1.29 is 22.8 Å². The fourth-order valence-corrected chi connectivity index (χ4v) is 5.49. The Labute approximate surface area is 225 Å². The summed E-state index contributed by atoms with van der Waals surface area (Å²) in [4.78, 5) is 10.5. The molecule has 0 bridgehead atoms. The number of methoxy groups -OCH3 is 1. The Balaban J connectivity index is 1.52. The molecule has 4 aromatic carbocycles. The number of rotatable bonds is 8. The number of benzene rings is 4. The van der Waals surface area contributed by atoms with Crippen LogP contribution in [0.4, 0.5) is 17.1 Å². The van der Waals surface area contributed by atoms with Crippen LogP contribution in [-0.2, 0) is 10.0 Å². The number of nitrogens with zero attached hydrogens (tertiary/aromatic N) is 2. The maximum absolute atomic E-state index is 13.5. The number of nitro benzene ring substituents is 1. The molecule has 10 nitrogen and oxygen atoms in total. The van der Waals surface area contributed by atoms with Gasteiger partial charge < -0.3 is 9.47 Å². The van der Waals surface area contributed by atoms with E-state index < -0.39 is 14.9 Å². The van der Waals surface area contributed by atoms with E-state index in [1.165, 1.54) is 25.3 Å². The number of nitro groups is 1. The van der Waals surface area contributed by atoms with E-state index in [2.05, 4.69) is 15.2 Å². The van der Waals surface area contributed by atoms with E-state index in [1.807, 2.05) is 54.6 Å². The lowest BCUT2D eigenvalue weighted by atomic mass is 9.96. The molecule has 1 aliphatic rings. The molecule has 1 aliphatic heterocycles. The molecule has 0 saturated heterocycles. The van der Waals surface area contributed by atoms with E-state index in [4.69, 9.17) is 9.47 Å². The molecular formula is C28H24N4O6S. The molecule has 0 saturated carbocycles. The summed E-state index contributed by atoms with van der Waals surface area (Å²) in [5, 5.41) is 16.0. The Kier molecular flexibility index (Phi) is 7.15. The summed E-state index contributed by atoms with van der Waals surface area (Å²) in [5.74, 6) is 0.944. The number of non-ortho nitro benzene ring substituents is 1. The number of anilines is 2. The Morgan fingerprint density at radius 1 is 0.949 bits per heavy atom. The molecule has 5 rings (SSSR count). The highest BCUT2D eigenvalue weighted by Crippen LogP contribution is 2.36. The second kappa shape index (κ2) is 10.8. The van der Waals surface area contributed by atoms with Crippen molar-refractivity contribution in [2.75, 3.05) is 17.3 Å². The van der Waals surface area contributed by atoms with Crippen molar-refractivity contribution in [2.45, 2.75) is 17.4 Å². The minimum atomic E-state index is -4.29. The second-order valence-electron chi connectivity index (χ2n) is 8.63. The quantitative estimate of drug-likeness (QED) is 0.213. The molecule has 1 heterocycles. The smallest absolute Gasteiger partial charge is 0.270 e. The molecular weight excluding hydrogens is 520 g/mol. The van der Waals surface area contributed by atoms with E-state index >= 15 is 0 Å². The number of hydrogen-bond acceptors (Lipinski definition) is 8. The van der Waals surface area contributed by atoms with Crippen LogP contribution in [0.3, 0.4) is 0 Å². The highest BCUT2D eigenvalue weighted by molar-refractivity contribution is 7.93. The summed E-state index contributed by atoms with van der Waals surface area (Å²) in [6, 6.07) is 27.1. The Morgan fingerprint density at radius 3 is 2.44 bits per heavy atom. The third-order valence-electron chi connectivity index (χ3n) is 6.15. The minimum Gasteiger partial charge on any atom is -0.495 e. The molecule has 0 aliphatic carbocycles. The first-order chi connectivity index (χ1) is 18.9. The van der Waals surface area contributed by atoms with Gasteiger partial charge in [0.2, 0.25) is 0 Å². The van der Waals surface area contributed by atoms with Crippen molar-refractivity contribution >= 4 is 32.8 Å². The van der Waals surface area contributed by atoms with E-state index in [-0.39, 0.29) is 28.1 Å². The van der Waals surface area contributed by atoms with Gasteiger partial charge in [-0.05, 0) is 35.9 Å². The van der Waals surface area contributed by atoms with Gasteiger partial charge in [-0.2, -0.15) is 5.10 Å². The molecule has 0 amide bonds. The van der Waals surface area contributed by atoms with Crippen molar-refractivity contribution in [1.29, 1.82) is 0 Å². The molecule has 198 valence electrons. The molecule has 2 N–H and O–H groups in total. The van der Waals surface area contributed by atoms with Crippen LogP contribution < -0.4 is 19.6 Å². The van der Waals surface area contributed by atoms with Crippen molar-refractivity contribution in [3.8, 4) is 11.5 Å². The lowest BCUT2D eigenvalue weighted by Gasteiger charge is -2.27. The second-order valence-corrected chi connectivity index (χ2v) is 10.3. The Bertz CT molecular complexity index is 1660. The number of sulfonamides is 1. The average Bonchev–Trinajstić information content (AvgIpc) is 2.96. The summed E-state index contributed by atoms with van der Waals surface area (Å²) >= 11 is 0. The summed E-state index contributed by atoms with van der Waals surface area (Å²) in [6.07, 6.45) is 0.122. The van der Waals surface area contributed by atoms with Crippen LogP contribution in [0, 0.1) is 10.1 Å². The molecule has 0 spiro atoms. The van der Waals surface area contributed by atoms with Gasteiger partial charge in [0.1, 0.15) is 22.5 Å². The van der Waals surface area contributed by atoms with Gasteiger partial charge in [-0.15, -0.1) is 0 Å². The van der Waals surface area contributed by atoms with Crippen LogP contribution in [0.25, 0.3) is 0 Å². The highest BCUT2D eigenvalue weighted by Gasteiger charge is 2.27. The molecule has 11 heteroatoms. The number of fused-ring (bicyclic) bond motifs is 1. The standard InChI is InChI=1S/C28H24N4O6S/c1-37-26-14-8-6-12-22(26)31-39(35,36)28-17-20(32(33)34)15-16-23(28)29-30-24-18-27(19-9-3-2-4-10-19)38-25-13-7-5-11-21(24)25/h2-17,27,29,31H,18H2,1H3/b30-24+/t27-/m1/s1. The third kappa shape index (κ3) is 5.53. The van der Waals surface area contributed by atoms with Crippen LogP contribution in [0.15, 0.2) is 107 Å². The van der Waals surface area contributed by atoms with Gasteiger partial charge in [0, 0.05) is 24.1 Å². The van der Waals surface area contributed by atoms with Crippen molar-refractivity contribution in [1.82, 2.24) is 0 Å². The normalized spacial score (nSPS) is 15.6. The van der Waals surface area contributed by atoms with Crippen molar-refractivity contribution in [3.05, 3.63) is 118 Å². The first-order valence-electron chi connectivity index (χ1n) is 11.9. The first kappa shape index (κ1) is 25.7. The van der Waals surface area contributed by atoms with E-state index in [0.717, 1.165) is 17.2 Å². The summed E-state index contributed by atoms with van der Waals surface area (Å²) in [6.45, 7) is 0. The summed E-state index contributed by atoms with van der Waals surface area (Å²) in [7, 11) is -2.88. The number of para-hydroxylation sites is 3. The van der Waals surface area contributed by atoms with Gasteiger partial charge in [0.15, 0.2) is 0 Å². The van der Waals surface area contributed by atoms with Crippen LogP contribution >= 0.6 is 0 Å². The van der Waals surface area contributed by atoms with Gasteiger partial charge in [0.05, 0.1) is 29.1 Å². The first-order valence-corrected chi connectivity index (χ1v) is 13.4. The Hall–Kier alpha value is -4.90. The van der Waals surface area contributed by atoms with Crippen LogP contribution in [-0.4, -0.2) is 26.2 Å². The monoisotopic (exact) mass is 544 g/mol. The maximum atomic E-state index is 13.5. The lowest BCUT2D eigenvalue weighted by Crippen LogP contribution is -2.22. The predicted octanol–water partition coefficient (Wildman–Crippen LogP) is 5.74. The predicted molar refractivity (Wildman–Crippen MR) is 148 cm³/mol.